The molecule has 0 saturated carbocycles. The largest absolute Gasteiger partial charge is 0.463 e. The van der Waals surface area contributed by atoms with Crippen LogP contribution in [0.1, 0.15) is 19.4 Å². The highest BCUT2D eigenvalue weighted by Gasteiger charge is 2.33. The molecule has 2 aliphatic rings. The Kier molecular flexibility index (Phi) is 5.41. The fourth-order valence-electron chi connectivity index (χ4n) is 4.60. The molecule has 33 heavy (non-hydrogen) atoms. The fourth-order valence-corrected chi connectivity index (χ4v) is 6.08. The van der Waals surface area contributed by atoms with E-state index in [9.17, 15) is 13.2 Å². The second-order valence-electron chi connectivity index (χ2n) is 8.38. The van der Waals surface area contributed by atoms with Crippen LogP contribution >= 0.6 is 0 Å². The van der Waals surface area contributed by atoms with E-state index in [4.69, 9.17) is 4.42 Å². The summed E-state index contributed by atoms with van der Waals surface area (Å²) in [6.07, 6.45) is 2.24. The number of nitrogens with zero attached hydrogens (tertiary/aromatic N) is 5. The fraction of sp³-hybridized carbons (Fsp3) is 0.348. The summed E-state index contributed by atoms with van der Waals surface area (Å²) in [7, 11) is -3.63. The summed E-state index contributed by atoms with van der Waals surface area (Å²) in [5.41, 5.74) is 2.35. The van der Waals surface area contributed by atoms with Crippen molar-refractivity contribution < 1.29 is 17.6 Å². The number of aromatic nitrogens is 2. The summed E-state index contributed by atoms with van der Waals surface area (Å²) in [5.74, 6) is 1.33. The van der Waals surface area contributed by atoms with Gasteiger partial charge in [0.2, 0.25) is 15.9 Å². The smallest absolute Gasteiger partial charge is 0.243 e. The second-order valence-corrected chi connectivity index (χ2v) is 10.3. The SMILES string of the molecule is CC(=O)N1c2ccc(S(=O)(=O)N3CCN(c4ccc(-c5ccco5)nn4)CC3)cc2CC1C. The van der Waals surface area contributed by atoms with Gasteiger partial charge in [-0.3, -0.25) is 4.79 Å². The van der Waals surface area contributed by atoms with Crippen LogP contribution in [0, 0.1) is 0 Å². The maximum atomic E-state index is 13.3. The monoisotopic (exact) mass is 467 g/mol. The molecule has 0 spiro atoms. The van der Waals surface area contributed by atoms with Crippen LogP contribution in [-0.2, 0) is 21.2 Å². The number of amides is 1. The van der Waals surface area contributed by atoms with Gasteiger partial charge in [0.25, 0.3) is 0 Å². The van der Waals surface area contributed by atoms with Crippen molar-refractivity contribution in [3.05, 3.63) is 54.3 Å². The Labute approximate surface area is 192 Å². The summed E-state index contributed by atoms with van der Waals surface area (Å²) in [5, 5.41) is 8.51. The summed E-state index contributed by atoms with van der Waals surface area (Å²) in [4.78, 5) is 16.0. The number of rotatable bonds is 4. The number of piperazine rings is 1. The van der Waals surface area contributed by atoms with Crippen molar-refractivity contribution >= 4 is 27.4 Å². The predicted octanol–water partition coefficient (Wildman–Crippen LogP) is 2.55. The average Bonchev–Trinajstić information content (AvgIpc) is 3.46. The van der Waals surface area contributed by atoms with Gasteiger partial charge in [-0.25, -0.2) is 8.42 Å². The molecular weight excluding hydrogens is 442 g/mol. The molecule has 5 rings (SSSR count). The normalized spacial score (nSPS) is 19.0. The van der Waals surface area contributed by atoms with Gasteiger partial charge >= 0.3 is 0 Å². The first-order chi connectivity index (χ1) is 15.8. The zero-order valence-corrected chi connectivity index (χ0v) is 19.3. The van der Waals surface area contributed by atoms with Gasteiger partial charge in [-0.05, 0) is 61.4 Å². The Morgan fingerprint density at radius 1 is 1.06 bits per heavy atom. The molecule has 9 nitrogen and oxygen atoms in total. The first-order valence-electron chi connectivity index (χ1n) is 10.9. The van der Waals surface area contributed by atoms with Crippen LogP contribution in [0.2, 0.25) is 0 Å². The lowest BCUT2D eigenvalue weighted by molar-refractivity contribution is -0.116. The number of furan rings is 1. The van der Waals surface area contributed by atoms with E-state index >= 15 is 0 Å². The summed E-state index contributed by atoms with van der Waals surface area (Å²) in [6, 6.07) is 12.4. The van der Waals surface area contributed by atoms with Crippen LogP contribution in [0.4, 0.5) is 11.5 Å². The molecule has 0 radical (unpaired) electrons. The van der Waals surface area contributed by atoms with Crippen molar-refractivity contribution in [3.8, 4) is 11.5 Å². The van der Waals surface area contributed by atoms with Gasteiger partial charge in [0.05, 0.1) is 11.2 Å². The minimum atomic E-state index is -3.63. The number of benzene rings is 1. The highest BCUT2D eigenvalue weighted by atomic mass is 32.2. The van der Waals surface area contributed by atoms with Crippen LogP contribution in [-0.4, -0.2) is 61.0 Å². The van der Waals surface area contributed by atoms with Gasteiger partial charge in [0.1, 0.15) is 5.69 Å². The minimum absolute atomic E-state index is 0.0271. The third-order valence-corrected chi connectivity index (χ3v) is 8.12. The van der Waals surface area contributed by atoms with E-state index in [0.717, 1.165) is 11.3 Å². The molecule has 172 valence electrons. The Bertz CT molecular complexity index is 1270. The first kappa shape index (κ1) is 21.6. The van der Waals surface area contributed by atoms with Crippen LogP contribution < -0.4 is 9.80 Å². The number of fused-ring (bicyclic) bond motifs is 1. The standard InChI is InChI=1S/C23H25N5O4S/c1-16-14-18-15-19(5-7-21(18)28(16)17(2)29)33(30,31)27-11-9-26(10-12-27)23-8-6-20(24-25-23)22-4-3-13-32-22/h3-8,13,15-16H,9-12,14H2,1-2H3. The summed E-state index contributed by atoms with van der Waals surface area (Å²) in [6.45, 7) is 5.26. The van der Waals surface area contributed by atoms with Gasteiger partial charge < -0.3 is 14.2 Å². The number of sulfonamides is 1. The average molecular weight is 468 g/mol. The molecule has 0 aliphatic carbocycles. The Morgan fingerprint density at radius 3 is 2.48 bits per heavy atom. The first-order valence-corrected chi connectivity index (χ1v) is 12.3. The van der Waals surface area contributed by atoms with Crippen molar-refractivity contribution in [1.82, 2.24) is 14.5 Å². The van der Waals surface area contributed by atoms with Crippen molar-refractivity contribution in [3.63, 3.8) is 0 Å². The van der Waals surface area contributed by atoms with Crippen molar-refractivity contribution in [2.75, 3.05) is 36.0 Å². The molecule has 1 aromatic carbocycles. The number of hydrogen-bond donors (Lipinski definition) is 0. The Balaban J connectivity index is 1.28. The van der Waals surface area contributed by atoms with E-state index in [1.165, 1.54) is 11.2 Å². The van der Waals surface area contributed by atoms with Crippen LogP contribution in [0.25, 0.3) is 11.5 Å². The van der Waals surface area contributed by atoms with Crippen molar-refractivity contribution in [2.24, 2.45) is 0 Å². The quantitative estimate of drug-likeness (QED) is 0.581. The third kappa shape index (κ3) is 3.89. The number of carbonyl (C=O) groups is 1. The molecule has 0 N–H and O–H groups in total. The number of carbonyl (C=O) groups excluding carboxylic acids is 1. The summed E-state index contributed by atoms with van der Waals surface area (Å²) < 4.78 is 33.4. The number of anilines is 2. The second kappa shape index (κ2) is 8.27. The molecule has 10 heteroatoms. The maximum absolute atomic E-state index is 13.3. The van der Waals surface area contributed by atoms with E-state index in [-0.39, 0.29) is 16.8 Å². The van der Waals surface area contributed by atoms with E-state index in [1.54, 1.807) is 35.4 Å². The lowest BCUT2D eigenvalue weighted by atomic mass is 10.1. The lowest BCUT2D eigenvalue weighted by Gasteiger charge is -2.34. The van der Waals surface area contributed by atoms with Crippen molar-refractivity contribution in [1.29, 1.82) is 0 Å². The van der Waals surface area contributed by atoms with Crippen LogP contribution in [0.15, 0.2) is 58.0 Å². The maximum Gasteiger partial charge on any atom is 0.243 e. The minimum Gasteiger partial charge on any atom is -0.463 e. The molecule has 1 saturated heterocycles. The van der Waals surface area contributed by atoms with Gasteiger partial charge in [0.15, 0.2) is 11.6 Å². The molecule has 0 bridgehead atoms. The van der Waals surface area contributed by atoms with Gasteiger partial charge in [-0.1, -0.05) is 0 Å². The molecule has 1 unspecified atom stereocenters. The molecule has 2 aromatic heterocycles. The van der Waals surface area contributed by atoms with Gasteiger partial charge in [-0.2, -0.15) is 4.31 Å². The molecule has 4 heterocycles. The number of hydrogen-bond acceptors (Lipinski definition) is 7. The Hall–Kier alpha value is -3.24. The van der Waals surface area contributed by atoms with Gasteiger partial charge in [0, 0.05) is 44.8 Å². The van der Waals surface area contributed by atoms with E-state index in [1.807, 2.05) is 30.0 Å². The molecule has 3 aromatic rings. The Morgan fingerprint density at radius 2 is 1.85 bits per heavy atom. The lowest BCUT2D eigenvalue weighted by Crippen LogP contribution is -2.49. The zero-order chi connectivity index (χ0) is 23.2. The third-order valence-electron chi connectivity index (χ3n) is 6.23. The highest BCUT2D eigenvalue weighted by Crippen LogP contribution is 2.34. The van der Waals surface area contributed by atoms with E-state index < -0.39 is 10.0 Å². The predicted molar refractivity (Wildman–Crippen MR) is 123 cm³/mol. The molecule has 1 fully saturated rings. The van der Waals surface area contributed by atoms with E-state index in [0.29, 0.717) is 49.9 Å². The molecular formula is C23H25N5O4S. The molecule has 2 aliphatic heterocycles. The molecule has 1 atom stereocenters. The summed E-state index contributed by atoms with van der Waals surface area (Å²) >= 11 is 0. The van der Waals surface area contributed by atoms with E-state index in [2.05, 4.69) is 10.2 Å². The topological polar surface area (TPSA) is 99.9 Å². The zero-order valence-electron chi connectivity index (χ0n) is 18.5. The van der Waals surface area contributed by atoms with Gasteiger partial charge in [-0.15, -0.1) is 10.2 Å². The van der Waals surface area contributed by atoms with Crippen molar-refractivity contribution in [2.45, 2.75) is 31.2 Å². The van der Waals surface area contributed by atoms with Crippen LogP contribution in [0.5, 0.6) is 0 Å². The highest BCUT2D eigenvalue weighted by molar-refractivity contribution is 7.89. The molecule has 1 amide bonds. The van der Waals surface area contributed by atoms with Crippen LogP contribution in [0.3, 0.4) is 0 Å².